The summed E-state index contributed by atoms with van der Waals surface area (Å²) in [7, 11) is 0. The number of aryl methyl sites for hydroxylation is 1. The van der Waals surface area contributed by atoms with E-state index in [-0.39, 0.29) is 5.02 Å². The fraction of sp³-hybridized carbons (Fsp3) is 0.200. The van der Waals surface area contributed by atoms with Crippen LogP contribution in [0.3, 0.4) is 0 Å². The topological polar surface area (TPSA) is 20.2 Å². The van der Waals surface area contributed by atoms with Gasteiger partial charge in [-0.15, -0.1) is 0 Å². The molecule has 0 fully saturated rings. The Morgan fingerprint density at radius 2 is 1.89 bits per heavy atom. The van der Waals surface area contributed by atoms with Crippen LogP contribution in [0.4, 0.5) is 4.39 Å². The molecule has 4 heteroatoms. The van der Waals surface area contributed by atoms with Crippen LogP contribution >= 0.6 is 23.2 Å². The van der Waals surface area contributed by atoms with Crippen molar-refractivity contribution in [1.29, 1.82) is 0 Å². The monoisotopic (exact) mass is 298 g/mol. The fourth-order valence-corrected chi connectivity index (χ4v) is 2.38. The Bertz CT molecular complexity index is 578. The molecule has 2 aromatic rings. The molecule has 0 aliphatic heterocycles. The van der Waals surface area contributed by atoms with Crippen LogP contribution in [0.2, 0.25) is 10.0 Å². The van der Waals surface area contributed by atoms with Gasteiger partial charge in [-0.2, -0.15) is 0 Å². The van der Waals surface area contributed by atoms with Gasteiger partial charge in [0.2, 0.25) is 0 Å². The maximum absolute atomic E-state index is 13.3. The lowest BCUT2D eigenvalue weighted by molar-refractivity contribution is 0.178. The maximum atomic E-state index is 13.3. The van der Waals surface area contributed by atoms with Gasteiger partial charge in [-0.05, 0) is 47.9 Å². The highest BCUT2D eigenvalue weighted by Crippen LogP contribution is 2.24. The second kappa shape index (κ2) is 5.91. The van der Waals surface area contributed by atoms with Gasteiger partial charge in [0.05, 0.1) is 11.1 Å². The first-order valence-electron chi connectivity index (χ1n) is 5.85. The van der Waals surface area contributed by atoms with E-state index >= 15 is 0 Å². The van der Waals surface area contributed by atoms with E-state index in [4.69, 9.17) is 23.2 Å². The zero-order chi connectivity index (χ0) is 14.0. The quantitative estimate of drug-likeness (QED) is 0.869. The molecule has 0 aliphatic carbocycles. The van der Waals surface area contributed by atoms with Crippen molar-refractivity contribution in [3.05, 3.63) is 69.0 Å². The average molecular weight is 299 g/mol. The van der Waals surface area contributed by atoms with Gasteiger partial charge in [0, 0.05) is 11.4 Å². The number of halogens is 3. The Labute approximate surface area is 121 Å². The van der Waals surface area contributed by atoms with Gasteiger partial charge < -0.3 is 5.11 Å². The molecule has 1 N–H and O–H groups in total. The standard InChI is InChI=1S/C15H13Cl2FO/c1-9-4-11(8-12(16)5-9)15(19)7-10-2-3-13(17)14(18)6-10/h2-6,8,15,19H,7H2,1H3. The third kappa shape index (κ3) is 3.69. The summed E-state index contributed by atoms with van der Waals surface area (Å²) in [4.78, 5) is 0. The Morgan fingerprint density at radius 1 is 1.16 bits per heavy atom. The summed E-state index contributed by atoms with van der Waals surface area (Å²) in [5.74, 6) is -0.478. The van der Waals surface area contributed by atoms with Crippen LogP contribution in [0.25, 0.3) is 0 Å². The molecule has 2 rings (SSSR count). The van der Waals surface area contributed by atoms with Crippen LogP contribution in [0.5, 0.6) is 0 Å². The Balaban J connectivity index is 2.20. The number of hydrogen-bond acceptors (Lipinski definition) is 1. The molecular weight excluding hydrogens is 286 g/mol. The zero-order valence-electron chi connectivity index (χ0n) is 10.3. The number of aliphatic hydroxyl groups excluding tert-OH is 1. The zero-order valence-corrected chi connectivity index (χ0v) is 11.8. The average Bonchev–Trinajstić information content (AvgIpc) is 2.32. The molecule has 0 heterocycles. The molecule has 0 aromatic heterocycles. The minimum Gasteiger partial charge on any atom is -0.388 e. The minimum absolute atomic E-state index is 0.0804. The van der Waals surface area contributed by atoms with Crippen LogP contribution in [-0.2, 0) is 6.42 Å². The molecule has 100 valence electrons. The van der Waals surface area contributed by atoms with Crippen molar-refractivity contribution >= 4 is 23.2 Å². The van der Waals surface area contributed by atoms with Crippen molar-refractivity contribution in [1.82, 2.24) is 0 Å². The van der Waals surface area contributed by atoms with Crippen LogP contribution in [0.15, 0.2) is 36.4 Å². The Hall–Kier alpha value is -1.09. The highest BCUT2D eigenvalue weighted by Gasteiger charge is 2.11. The predicted molar refractivity (Wildman–Crippen MR) is 76.3 cm³/mol. The molecule has 0 bridgehead atoms. The van der Waals surface area contributed by atoms with Crippen LogP contribution in [-0.4, -0.2) is 5.11 Å². The molecular formula is C15H13Cl2FO. The van der Waals surface area contributed by atoms with E-state index in [1.54, 1.807) is 12.1 Å². The molecule has 1 atom stereocenters. The molecule has 0 spiro atoms. The van der Waals surface area contributed by atoms with Crippen molar-refractivity contribution in [3.8, 4) is 0 Å². The van der Waals surface area contributed by atoms with E-state index in [0.29, 0.717) is 17.0 Å². The number of aliphatic hydroxyl groups is 1. The molecule has 0 amide bonds. The lowest BCUT2D eigenvalue weighted by Gasteiger charge is -2.13. The molecule has 1 unspecified atom stereocenters. The summed E-state index contributed by atoms with van der Waals surface area (Å²) in [5, 5.41) is 10.8. The second-order valence-electron chi connectivity index (χ2n) is 4.53. The number of benzene rings is 2. The van der Waals surface area contributed by atoms with Crippen molar-refractivity contribution < 1.29 is 9.50 Å². The van der Waals surface area contributed by atoms with Crippen LogP contribution in [0, 0.1) is 12.7 Å². The van der Waals surface area contributed by atoms with Crippen LogP contribution < -0.4 is 0 Å². The SMILES string of the molecule is Cc1cc(Cl)cc(C(O)Cc2ccc(Cl)c(F)c2)c1. The molecule has 1 nitrogen and oxygen atoms in total. The van der Waals surface area contributed by atoms with E-state index in [0.717, 1.165) is 11.1 Å². The van der Waals surface area contributed by atoms with E-state index in [1.165, 1.54) is 12.1 Å². The second-order valence-corrected chi connectivity index (χ2v) is 5.37. The van der Waals surface area contributed by atoms with Crippen molar-refractivity contribution in [2.75, 3.05) is 0 Å². The molecule has 0 aliphatic rings. The van der Waals surface area contributed by atoms with E-state index < -0.39 is 11.9 Å². The van der Waals surface area contributed by atoms with Crippen molar-refractivity contribution in [2.24, 2.45) is 0 Å². The van der Waals surface area contributed by atoms with Crippen LogP contribution in [0.1, 0.15) is 22.8 Å². The van der Waals surface area contributed by atoms with Gasteiger partial charge in [-0.1, -0.05) is 35.3 Å². The van der Waals surface area contributed by atoms with Crippen molar-refractivity contribution in [2.45, 2.75) is 19.4 Å². The summed E-state index contributed by atoms with van der Waals surface area (Å²) >= 11 is 11.6. The number of rotatable bonds is 3. The summed E-state index contributed by atoms with van der Waals surface area (Å²) in [5.41, 5.74) is 2.39. The summed E-state index contributed by atoms with van der Waals surface area (Å²) in [6.07, 6.45) is -0.411. The minimum atomic E-state index is -0.724. The van der Waals surface area contributed by atoms with Gasteiger partial charge in [0.1, 0.15) is 5.82 Å². The first kappa shape index (κ1) is 14.3. The molecule has 19 heavy (non-hydrogen) atoms. The van der Waals surface area contributed by atoms with E-state index in [1.807, 2.05) is 19.1 Å². The summed E-state index contributed by atoms with van der Waals surface area (Å²) < 4.78 is 13.3. The van der Waals surface area contributed by atoms with Crippen molar-refractivity contribution in [3.63, 3.8) is 0 Å². The maximum Gasteiger partial charge on any atom is 0.142 e. The summed E-state index contributed by atoms with van der Waals surface area (Å²) in [6.45, 7) is 1.91. The highest BCUT2D eigenvalue weighted by molar-refractivity contribution is 6.31. The van der Waals surface area contributed by atoms with Gasteiger partial charge in [-0.25, -0.2) is 4.39 Å². The van der Waals surface area contributed by atoms with Gasteiger partial charge in [0.25, 0.3) is 0 Å². The lowest BCUT2D eigenvalue weighted by atomic mass is 10.00. The van der Waals surface area contributed by atoms with Gasteiger partial charge in [-0.3, -0.25) is 0 Å². The highest BCUT2D eigenvalue weighted by atomic mass is 35.5. The summed E-state index contributed by atoms with van der Waals surface area (Å²) in [6, 6.07) is 9.92. The normalized spacial score (nSPS) is 12.5. The van der Waals surface area contributed by atoms with E-state index in [9.17, 15) is 9.50 Å². The van der Waals surface area contributed by atoms with Gasteiger partial charge in [0.15, 0.2) is 0 Å². The number of hydrogen-bond donors (Lipinski definition) is 1. The molecule has 0 saturated heterocycles. The third-order valence-electron chi connectivity index (χ3n) is 2.86. The largest absolute Gasteiger partial charge is 0.388 e. The third-order valence-corrected chi connectivity index (χ3v) is 3.39. The fourth-order valence-electron chi connectivity index (χ4n) is 1.96. The first-order valence-corrected chi connectivity index (χ1v) is 6.60. The molecule has 2 aromatic carbocycles. The Morgan fingerprint density at radius 3 is 2.53 bits per heavy atom. The Kier molecular flexibility index (Phi) is 4.46. The smallest absolute Gasteiger partial charge is 0.142 e. The molecule has 0 radical (unpaired) electrons. The van der Waals surface area contributed by atoms with Gasteiger partial charge >= 0.3 is 0 Å². The predicted octanol–water partition coefficient (Wildman–Crippen LogP) is 4.72. The molecule has 0 saturated carbocycles. The first-order chi connectivity index (χ1) is 8.95. The van der Waals surface area contributed by atoms with E-state index in [2.05, 4.69) is 0 Å². The lowest BCUT2D eigenvalue weighted by Crippen LogP contribution is -2.02.